The van der Waals surface area contributed by atoms with Crippen LogP contribution in [0.3, 0.4) is 0 Å². The largest absolute Gasteiger partial charge is 0.508 e. The van der Waals surface area contributed by atoms with Crippen LogP contribution >= 0.6 is 0 Å². The van der Waals surface area contributed by atoms with Crippen molar-refractivity contribution in [2.24, 2.45) is 20.5 Å². The second-order valence-electron chi connectivity index (χ2n) is 8.48. The molecule has 0 spiro atoms. The van der Waals surface area contributed by atoms with Crippen molar-refractivity contribution in [3.63, 3.8) is 0 Å². The van der Waals surface area contributed by atoms with Gasteiger partial charge in [-0.15, -0.1) is 0 Å². The van der Waals surface area contributed by atoms with Crippen LogP contribution < -0.4 is 0 Å². The molecule has 4 rings (SSSR count). The summed E-state index contributed by atoms with van der Waals surface area (Å²) >= 11 is 0. The first-order chi connectivity index (χ1) is 18.9. The Morgan fingerprint density at radius 2 is 0.900 bits per heavy atom. The van der Waals surface area contributed by atoms with E-state index in [1.165, 1.54) is 60.7 Å². The number of azo groups is 2. The number of benzene rings is 4. The van der Waals surface area contributed by atoms with Crippen LogP contribution in [0, 0.1) is 6.92 Å². The van der Waals surface area contributed by atoms with E-state index in [1.54, 1.807) is 12.1 Å². The third-order valence-corrected chi connectivity index (χ3v) is 7.26. The summed E-state index contributed by atoms with van der Waals surface area (Å²) in [5, 5.41) is 25.3. The lowest BCUT2D eigenvalue weighted by molar-refractivity contribution is 0.475. The van der Waals surface area contributed by atoms with E-state index in [1.807, 2.05) is 19.1 Å². The highest BCUT2D eigenvalue weighted by molar-refractivity contribution is 7.86. The minimum atomic E-state index is -4.71. The third kappa shape index (κ3) is 7.51. The lowest BCUT2D eigenvalue weighted by Crippen LogP contribution is -2.01. The van der Waals surface area contributed by atoms with Crippen LogP contribution in [-0.2, 0) is 20.2 Å². The molecule has 0 aliphatic rings. The van der Waals surface area contributed by atoms with Gasteiger partial charge in [-0.25, -0.2) is 0 Å². The topological polar surface area (TPSA) is 178 Å². The molecule has 0 aromatic heterocycles. The van der Waals surface area contributed by atoms with E-state index in [-0.39, 0.29) is 28.3 Å². The lowest BCUT2D eigenvalue weighted by atomic mass is 10.1. The fraction of sp³-hybridized carbons (Fsp3) is 0.0370. The average Bonchev–Trinajstić information content (AvgIpc) is 2.90. The number of phenols is 1. The van der Waals surface area contributed by atoms with Gasteiger partial charge < -0.3 is 5.11 Å². The number of rotatable bonds is 8. The molecule has 0 atom stereocenters. The number of aromatic hydroxyl groups is 1. The highest BCUT2D eigenvalue weighted by atomic mass is 32.2. The van der Waals surface area contributed by atoms with Gasteiger partial charge in [0.2, 0.25) is 0 Å². The zero-order valence-corrected chi connectivity index (χ0v) is 22.5. The predicted molar refractivity (Wildman–Crippen MR) is 149 cm³/mol. The summed E-state index contributed by atoms with van der Waals surface area (Å²) in [7, 11) is -9.41. The normalized spacial score (nSPS) is 12.6. The maximum Gasteiger partial charge on any atom is 0.295 e. The standard InChI is InChI=1S/C27H22N4O7S2/c1-18-2-8-21(9-3-18)28-30-23-10-6-19(26(16-23)39(33,34)35)4-5-20-7-11-24(17-27(20)40(36,37)38)31-29-22-12-14-25(32)15-13-22/h2-17,32H,1H3,(H,33,34,35)(H,36,37,38)/b5-4+,30-28?,31-29?. The van der Waals surface area contributed by atoms with Crippen molar-refractivity contribution in [2.75, 3.05) is 0 Å². The summed E-state index contributed by atoms with van der Waals surface area (Å²) in [5.41, 5.74) is 2.31. The maximum atomic E-state index is 12.1. The molecule has 0 radical (unpaired) electrons. The zero-order valence-electron chi connectivity index (χ0n) is 20.8. The molecule has 0 fully saturated rings. The minimum Gasteiger partial charge on any atom is -0.508 e. The molecule has 0 heterocycles. The van der Waals surface area contributed by atoms with E-state index >= 15 is 0 Å². The Labute approximate surface area is 230 Å². The second kappa shape index (κ2) is 11.7. The van der Waals surface area contributed by atoms with Gasteiger partial charge in [-0.2, -0.15) is 37.3 Å². The van der Waals surface area contributed by atoms with Crippen LogP contribution in [0.5, 0.6) is 5.75 Å². The quantitative estimate of drug-likeness (QED) is 0.112. The summed E-state index contributed by atoms with van der Waals surface area (Å²) in [5.74, 6) is 0.0437. The van der Waals surface area contributed by atoms with Gasteiger partial charge in [-0.3, -0.25) is 9.11 Å². The van der Waals surface area contributed by atoms with Crippen molar-refractivity contribution in [1.82, 2.24) is 0 Å². The Morgan fingerprint density at radius 1 is 0.550 bits per heavy atom. The molecule has 0 amide bonds. The van der Waals surface area contributed by atoms with Crippen LogP contribution in [0.1, 0.15) is 16.7 Å². The molecule has 0 saturated carbocycles. The van der Waals surface area contributed by atoms with E-state index in [0.29, 0.717) is 11.4 Å². The molecule has 0 bridgehead atoms. The number of nitrogens with zero attached hydrogens (tertiary/aromatic N) is 4. The number of hydrogen-bond acceptors (Lipinski definition) is 9. The molecular weight excluding hydrogens is 556 g/mol. The van der Waals surface area contributed by atoms with Crippen LogP contribution in [0.4, 0.5) is 22.7 Å². The molecule has 0 saturated heterocycles. The van der Waals surface area contributed by atoms with Crippen molar-refractivity contribution >= 4 is 55.1 Å². The van der Waals surface area contributed by atoms with Crippen molar-refractivity contribution in [2.45, 2.75) is 16.7 Å². The van der Waals surface area contributed by atoms with E-state index in [2.05, 4.69) is 20.5 Å². The Morgan fingerprint density at radius 3 is 1.30 bits per heavy atom. The van der Waals surface area contributed by atoms with Crippen molar-refractivity contribution in [3.8, 4) is 5.75 Å². The van der Waals surface area contributed by atoms with Crippen molar-refractivity contribution in [3.05, 3.63) is 102 Å². The van der Waals surface area contributed by atoms with Gasteiger partial charge in [0, 0.05) is 0 Å². The van der Waals surface area contributed by atoms with Crippen molar-refractivity contribution < 1.29 is 31.0 Å². The fourth-order valence-corrected chi connectivity index (χ4v) is 4.84. The van der Waals surface area contributed by atoms with Gasteiger partial charge >= 0.3 is 0 Å². The third-order valence-electron chi connectivity index (χ3n) is 5.44. The number of phenolic OH excluding ortho intramolecular Hbond substituents is 1. The molecule has 4 aromatic carbocycles. The zero-order chi connectivity index (χ0) is 28.9. The van der Waals surface area contributed by atoms with E-state index in [0.717, 1.165) is 17.7 Å². The summed E-state index contributed by atoms with van der Waals surface area (Å²) in [6.07, 6.45) is 2.53. The van der Waals surface area contributed by atoms with Gasteiger partial charge in [0.25, 0.3) is 20.2 Å². The Hall–Kier alpha value is -4.56. The molecule has 4 aromatic rings. The molecule has 0 aliphatic carbocycles. The summed E-state index contributed by atoms with van der Waals surface area (Å²) < 4.78 is 67.9. The Bertz CT molecular complexity index is 1710. The molecular formula is C27H22N4O7S2. The fourth-order valence-electron chi connectivity index (χ4n) is 3.43. The molecule has 0 unspecified atom stereocenters. The van der Waals surface area contributed by atoms with Crippen LogP contribution in [-0.4, -0.2) is 31.0 Å². The summed E-state index contributed by atoms with van der Waals surface area (Å²) in [4.78, 5) is -0.973. The van der Waals surface area contributed by atoms with E-state index in [9.17, 15) is 31.0 Å². The second-order valence-corrected chi connectivity index (χ2v) is 11.3. The average molecular weight is 579 g/mol. The highest BCUT2D eigenvalue weighted by Gasteiger charge is 2.17. The predicted octanol–water partition coefficient (Wildman–Crippen LogP) is 7.20. The molecule has 204 valence electrons. The smallest absolute Gasteiger partial charge is 0.295 e. The summed E-state index contributed by atoms with van der Waals surface area (Å²) in [6.45, 7) is 1.92. The van der Waals surface area contributed by atoms with E-state index in [4.69, 9.17) is 0 Å². The number of aryl methyl sites for hydroxylation is 1. The van der Waals surface area contributed by atoms with Gasteiger partial charge in [0.15, 0.2) is 0 Å². The van der Waals surface area contributed by atoms with Crippen LogP contribution in [0.25, 0.3) is 12.2 Å². The first-order valence-electron chi connectivity index (χ1n) is 11.5. The first kappa shape index (κ1) is 28.4. The maximum absolute atomic E-state index is 12.1. The Kier molecular flexibility index (Phi) is 8.30. The Balaban J connectivity index is 1.66. The molecule has 40 heavy (non-hydrogen) atoms. The van der Waals surface area contributed by atoms with Crippen molar-refractivity contribution in [1.29, 1.82) is 0 Å². The summed E-state index contributed by atoms with van der Waals surface area (Å²) in [6, 6.07) is 20.9. The number of hydrogen-bond donors (Lipinski definition) is 3. The minimum absolute atomic E-state index is 0.0236. The van der Waals surface area contributed by atoms with Gasteiger partial charge in [0.1, 0.15) is 15.5 Å². The van der Waals surface area contributed by atoms with Gasteiger partial charge in [-0.1, -0.05) is 42.0 Å². The first-order valence-corrected chi connectivity index (χ1v) is 14.4. The van der Waals surface area contributed by atoms with Crippen LogP contribution in [0.15, 0.2) is 115 Å². The SMILES string of the molecule is Cc1ccc(N=Nc2ccc(/C=C/c3ccc(N=Nc4ccc(O)cc4)cc3S(=O)(=O)O)c(S(=O)(=O)O)c2)cc1. The molecule has 13 heteroatoms. The molecule has 11 nitrogen and oxygen atoms in total. The van der Waals surface area contributed by atoms with Gasteiger partial charge in [-0.05, 0) is 78.7 Å². The highest BCUT2D eigenvalue weighted by Crippen LogP contribution is 2.29. The van der Waals surface area contributed by atoms with Gasteiger partial charge in [0.05, 0.1) is 22.7 Å². The molecule has 0 aliphatic heterocycles. The van der Waals surface area contributed by atoms with E-state index < -0.39 is 30.0 Å². The molecule has 3 N–H and O–H groups in total. The monoisotopic (exact) mass is 578 g/mol. The lowest BCUT2D eigenvalue weighted by Gasteiger charge is -2.06. The van der Waals surface area contributed by atoms with Crippen LogP contribution in [0.2, 0.25) is 0 Å².